The number of halogens is 1. The first-order valence-corrected chi connectivity index (χ1v) is 7.12. The molecule has 2 N–H and O–H groups in total. The number of rotatable bonds is 4. The lowest BCUT2D eigenvalue weighted by atomic mass is 10.1. The van der Waals surface area contributed by atoms with Gasteiger partial charge in [-0.05, 0) is 35.9 Å². The standard InChI is InChI=1S/C16H14ClNO4/c17-12-4-1-10(2-5-12)13(19)8-18-16(20)11-3-6-14-15(7-11)22-9-21-14/h1-7,13,19H,8-9H2,(H,18,20). The molecule has 0 saturated carbocycles. The van der Waals surface area contributed by atoms with Gasteiger partial charge in [0, 0.05) is 17.1 Å². The minimum atomic E-state index is -0.796. The molecule has 0 saturated heterocycles. The fourth-order valence-corrected chi connectivity index (χ4v) is 2.26. The minimum Gasteiger partial charge on any atom is -0.454 e. The molecular weight excluding hydrogens is 306 g/mol. The van der Waals surface area contributed by atoms with Gasteiger partial charge in [-0.25, -0.2) is 0 Å². The second-order valence-corrected chi connectivity index (χ2v) is 5.28. The van der Waals surface area contributed by atoms with Crippen molar-refractivity contribution in [1.82, 2.24) is 5.32 Å². The summed E-state index contributed by atoms with van der Waals surface area (Å²) in [6.45, 7) is 0.268. The van der Waals surface area contributed by atoms with Gasteiger partial charge in [0.05, 0.1) is 6.10 Å². The molecule has 114 valence electrons. The van der Waals surface area contributed by atoms with E-state index in [9.17, 15) is 9.90 Å². The third-order valence-electron chi connectivity index (χ3n) is 3.35. The third-order valence-corrected chi connectivity index (χ3v) is 3.60. The van der Waals surface area contributed by atoms with Gasteiger partial charge in [-0.1, -0.05) is 23.7 Å². The Kier molecular flexibility index (Phi) is 4.18. The Morgan fingerprint density at radius 1 is 1.18 bits per heavy atom. The zero-order chi connectivity index (χ0) is 15.5. The first kappa shape index (κ1) is 14.7. The number of aliphatic hydroxyl groups is 1. The summed E-state index contributed by atoms with van der Waals surface area (Å²) >= 11 is 5.80. The van der Waals surface area contributed by atoms with Crippen molar-refractivity contribution in [2.45, 2.75) is 6.10 Å². The van der Waals surface area contributed by atoms with E-state index in [4.69, 9.17) is 21.1 Å². The van der Waals surface area contributed by atoms with E-state index >= 15 is 0 Å². The van der Waals surface area contributed by atoms with Crippen LogP contribution in [0.4, 0.5) is 0 Å². The Morgan fingerprint density at radius 3 is 2.68 bits per heavy atom. The van der Waals surface area contributed by atoms with Crippen LogP contribution in [0, 0.1) is 0 Å². The van der Waals surface area contributed by atoms with Gasteiger partial charge in [0.25, 0.3) is 5.91 Å². The lowest BCUT2D eigenvalue weighted by Crippen LogP contribution is -2.28. The maximum atomic E-state index is 12.1. The molecule has 22 heavy (non-hydrogen) atoms. The highest BCUT2D eigenvalue weighted by molar-refractivity contribution is 6.30. The molecule has 2 aromatic rings. The Balaban J connectivity index is 1.61. The van der Waals surface area contributed by atoms with Crippen LogP contribution in [0.5, 0.6) is 11.5 Å². The molecule has 6 heteroatoms. The molecule has 2 aromatic carbocycles. The van der Waals surface area contributed by atoms with Gasteiger partial charge in [0.1, 0.15) is 0 Å². The van der Waals surface area contributed by atoms with E-state index in [-0.39, 0.29) is 19.2 Å². The van der Waals surface area contributed by atoms with Crippen molar-refractivity contribution in [1.29, 1.82) is 0 Å². The molecule has 0 bridgehead atoms. The third kappa shape index (κ3) is 3.16. The lowest BCUT2D eigenvalue weighted by Gasteiger charge is -2.12. The smallest absolute Gasteiger partial charge is 0.251 e. The predicted octanol–water partition coefficient (Wildman–Crippen LogP) is 2.53. The van der Waals surface area contributed by atoms with Gasteiger partial charge in [-0.3, -0.25) is 4.79 Å². The second kappa shape index (κ2) is 6.25. The average molecular weight is 320 g/mol. The van der Waals surface area contributed by atoms with E-state index in [0.717, 1.165) is 0 Å². The number of benzene rings is 2. The molecule has 0 spiro atoms. The number of ether oxygens (including phenoxy) is 2. The van der Waals surface area contributed by atoms with Crippen LogP contribution in [0.3, 0.4) is 0 Å². The van der Waals surface area contributed by atoms with Crippen LogP contribution in [0.25, 0.3) is 0 Å². The summed E-state index contributed by atoms with van der Waals surface area (Å²) in [6, 6.07) is 11.8. The van der Waals surface area contributed by atoms with Gasteiger partial charge >= 0.3 is 0 Å². The van der Waals surface area contributed by atoms with Gasteiger partial charge < -0.3 is 19.9 Å². The van der Waals surface area contributed by atoms with Crippen LogP contribution in [0.2, 0.25) is 5.02 Å². The Labute approximate surface area is 132 Å². The Morgan fingerprint density at radius 2 is 1.91 bits per heavy atom. The summed E-state index contributed by atoms with van der Waals surface area (Å²) in [5.74, 6) is 0.884. The molecule has 0 radical (unpaired) electrons. The highest BCUT2D eigenvalue weighted by Crippen LogP contribution is 2.32. The SMILES string of the molecule is O=C(NCC(O)c1ccc(Cl)cc1)c1ccc2c(c1)OCO2. The molecule has 1 heterocycles. The quantitative estimate of drug-likeness (QED) is 0.908. The van der Waals surface area contributed by atoms with Gasteiger partial charge in [0.2, 0.25) is 6.79 Å². The van der Waals surface area contributed by atoms with Crippen LogP contribution in [0.15, 0.2) is 42.5 Å². The summed E-state index contributed by atoms with van der Waals surface area (Å²) in [5, 5.41) is 13.3. The largest absolute Gasteiger partial charge is 0.454 e. The molecular formula is C16H14ClNO4. The molecule has 1 amide bonds. The highest BCUT2D eigenvalue weighted by Gasteiger charge is 2.17. The van der Waals surface area contributed by atoms with E-state index in [1.54, 1.807) is 42.5 Å². The van der Waals surface area contributed by atoms with Crippen LogP contribution < -0.4 is 14.8 Å². The fourth-order valence-electron chi connectivity index (χ4n) is 2.13. The van der Waals surface area contributed by atoms with Gasteiger partial charge in [0.15, 0.2) is 11.5 Å². The average Bonchev–Trinajstić information content (AvgIpc) is 3.00. The topological polar surface area (TPSA) is 67.8 Å². The molecule has 0 fully saturated rings. The number of amides is 1. The molecule has 1 aliphatic heterocycles. The van der Waals surface area contributed by atoms with Crippen LogP contribution >= 0.6 is 11.6 Å². The number of carbonyl (C=O) groups is 1. The number of fused-ring (bicyclic) bond motifs is 1. The summed E-state index contributed by atoms with van der Waals surface area (Å²) in [6.07, 6.45) is -0.796. The van der Waals surface area contributed by atoms with Crippen molar-refractivity contribution in [3.63, 3.8) is 0 Å². The number of carbonyl (C=O) groups excluding carboxylic acids is 1. The lowest BCUT2D eigenvalue weighted by molar-refractivity contribution is 0.0916. The van der Waals surface area contributed by atoms with E-state index < -0.39 is 6.10 Å². The van der Waals surface area contributed by atoms with Gasteiger partial charge in [-0.15, -0.1) is 0 Å². The molecule has 1 aliphatic rings. The number of hydrogen-bond donors (Lipinski definition) is 2. The van der Waals surface area contributed by atoms with E-state index in [0.29, 0.717) is 27.6 Å². The maximum absolute atomic E-state index is 12.1. The van der Waals surface area contributed by atoms with Crippen LogP contribution in [-0.2, 0) is 0 Å². The Bertz CT molecular complexity index is 687. The number of aliphatic hydroxyl groups excluding tert-OH is 1. The maximum Gasteiger partial charge on any atom is 0.251 e. The molecule has 0 aromatic heterocycles. The van der Waals surface area contributed by atoms with E-state index in [1.165, 1.54) is 0 Å². The zero-order valence-corrected chi connectivity index (χ0v) is 12.3. The second-order valence-electron chi connectivity index (χ2n) is 4.85. The number of nitrogens with one attached hydrogen (secondary N) is 1. The Hall–Kier alpha value is -2.24. The normalized spacial score (nSPS) is 13.7. The van der Waals surface area contributed by atoms with Gasteiger partial charge in [-0.2, -0.15) is 0 Å². The molecule has 5 nitrogen and oxygen atoms in total. The monoisotopic (exact) mass is 319 g/mol. The van der Waals surface area contributed by atoms with Crippen molar-refractivity contribution < 1.29 is 19.4 Å². The molecule has 0 aliphatic carbocycles. The minimum absolute atomic E-state index is 0.106. The fraction of sp³-hybridized carbons (Fsp3) is 0.188. The summed E-state index contributed by atoms with van der Waals surface area (Å²) in [5.41, 5.74) is 1.14. The van der Waals surface area contributed by atoms with Crippen LogP contribution in [-0.4, -0.2) is 24.4 Å². The van der Waals surface area contributed by atoms with Crippen molar-refractivity contribution in [2.24, 2.45) is 0 Å². The number of hydrogen-bond acceptors (Lipinski definition) is 4. The zero-order valence-electron chi connectivity index (χ0n) is 11.6. The summed E-state index contributed by atoms with van der Waals surface area (Å²) in [4.78, 5) is 12.1. The van der Waals surface area contributed by atoms with Crippen LogP contribution in [0.1, 0.15) is 22.0 Å². The molecule has 1 atom stereocenters. The molecule has 3 rings (SSSR count). The highest BCUT2D eigenvalue weighted by atomic mass is 35.5. The predicted molar refractivity (Wildman–Crippen MR) is 81.3 cm³/mol. The summed E-state index contributed by atoms with van der Waals surface area (Å²) < 4.78 is 10.4. The van der Waals surface area contributed by atoms with E-state index in [1.807, 2.05) is 0 Å². The van der Waals surface area contributed by atoms with Crippen molar-refractivity contribution >= 4 is 17.5 Å². The van der Waals surface area contributed by atoms with Crippen molar-refractivity contribution in [3.05, 3.63) is 58.6 Å². The molecule has 1 unspecified atom stereocenters. The summed E-state index contributed by atoms with van der Waals surface area (Å²) in [7, 11) is 0. The van der Waals surface area contributed by atoms with Crippen molar-refractivity contribution in [3.8, 4) is 11.5 Å². The van der Waals surface area contributed by atoms with E-state index in [2.05, 4.69) is 5.32 Å². The van der Waals surface area contributed by atoms with Crippen molar-refractivity contribution in [2.75, 3.05) is 13.3 Å². The first-order valence-electron chi connectivity index (χ1n) is 6.75. The first-order chi connectivity index (χ1) is 10.6.